The summed E-state index contributed by atoms with van der Waals surface area (Å²) in [6.45, 7) is 3.72. The van der Waals surface area contributed by atoms with E-state index in [0.717, 1.165) is 38.4 Å². The minimum Gasteiger partial charge on any atom is -0.324 e. The predicted octanol–water partition coefficient (Wildman–Crippen LogP) is 4.33. The van der Waals surface area contributed by atoms with Crippen molar-refractivity contribution in [3.8, 4) is 0 Å². The Morgan fingerprint density at radius 1 is 1.35 bits per heavy atom. The highest BCUT2D eigenvalue weighted by Crippen LogP contribution is 2.34. The van der Waals surface area contributed by atoms with Crippen LogP contribution in [0.3, 0.4) is 0 Å². The van der Waals surface area contributed by atoms with E-state index in [1.54, 1.807) is 0 Å². The fourth-order valence-corrected chi connectivity index (χ4v) is 2.81. The van der Waals surface area contributed by atoms with Crippen LogP contribution in [0, 0.1) is 0 Å². The van der Waals surface area contributed by atoms with Crippen LogP contribution in [0.5, 0.6) is 0 Å². The molecule has 130 valence electrons. The number of para-hydroxylation sites is 1. The van der Waals surface area contributed by atoms with Gasteiger partial charge in [0.05, 0.1) is 17.3 Å². The monoisotopic (exact) mass is 350 g/mol. The Labute approximate surface area is 140 Å². The Kier molecular flexibility index (Phi) is 7.35. The van der Waals surface area contributed by atoms with Gasteiger partial charge in [0.25, 0.3) is 0 Å². The lowest BCUT2D eigenvalue weighted by Crippen LogP contribution is -2.40. The van der Waals surface area contributed by atoms with Crippen molar-refractivity contribution in [1.82, 2.24) is 4.90 Å². The van der Waals surface area contributed by atoms with Gasteiger partial charge in [-0.1, -0.05) is 25.5 Å². The van der Waals surface area contributed by atoms with Gasteiger partial charge in [-0.25, -0.2) is 0 Å². The first-order valence-electron chi connectivity index (χ1n) is 7.64. The van der Waals surface area contributed by atoms with E-state index in [0.29, 0.717) is 6.42 Å². The van der Waals surface area contributed by atoms with Gasteiger partial charge in [0.2, 0.25) is 5.91 Å². The molecule has 1 aliphatic rings. The Hall–Kier alpha value is -1.27. The molecule has 1 aliphatic heterocycles. The third-order valence-corrected chi connectivity index (χ3v) is 3.96. The number of rotatable bonds is 5. The normalized spacial score (nSPS) is 18.5. The molecule has 1 aromatic carbocycles. The summed E-state index contributed by atoms with van der Waals surface area (Å²) in [5.74, 6) is -0.342. The number of hydrogen-bond donors (Lipinski definition) is 1. The number of likely N-dealkylation sites (tertiary alicyclic amines) is 1. The van der Waals surface area contributed by atoms with Gasteiger partial charge < -0.3 is 5.32 Å². The molecule has 0 aromatic heterocycles. The first-order chi connectivity index (χ1) is 10.4. The highest BCUT2D eigenvalue weighted by molar-refractivity contribution is 5.95. The number of halogens is 4. The Balaban J connectivity index is 0.00000264. The van der Waals surface area contributed by atoms with Crippen LogP contribution in [0.2, 0.25) is 0 Å². The first kappa shape index (κ1) is 19.8. The third kappa shape index (κ3) is 5.11. The lowest BCUT2D eigenvalue weighted by atomic mass is 10.1. The van der Waals surface area contributed by atoms with E-state index in [4.69, 9.17) is 0 Å². The second-order valence-corrected chi connectivity index (χ2v) is 5.58. The number of anilines is 1. The number of carbonyl (C=O) groups excluding carboxylic acids is 1. The fourth-order valence-electron chi connectivity index (χ4n) is 2.81. The van der Waals surface area contributed by atoms with Crippen LogP contribution in [0.25, 0.3) is 0 Å². The molecule has 2 rings (SSSR count). The molecule has 0 saturated carbocycles. The van der Waals surface area contributed by atoms with Gasteiger partial charge in [0.15, 0.2) is 0 Å². The maximum atomic E-state index is 13.0. The summed E-state index contributed by atoms with van der Waals surface area (Å²) in [5, 5.41) is 2.46. The number of carbonyl (C=O) groups is 1. The summed E-state index contributed by atoms with van der Waals surface area (Å²) in [5.41, 5.74) is -0.969. The zero-order chi connectivity index (χ0) is 16.2. The highest BCUT2D eigenvalue weighted by atomic mass is 35.5. The largest absolute Gasteiger partial charge is 0.418 e. The molecule has 23 heavy (non-hydrogen) atoms. The van der Waals surface area contributed by atoms with Gasteiger partial charge >= 0.3 is 6.18 Å². The van der Waals surface area contributed by atoms with Crippen LogP contribution < -0.4 is 5.32 Å². The predicted molar refractivity (Wildman–Crippen MR) is 86.8 cm³/mol. The molecule has 1 aromatic rings. The molecular weight excluding hydrogens is 329 g/mol. The molecule has 0 aliphatic carbocycles. The molecule has 1 fully saturated rings. The maximum absolute atomic E-state index is 13.0. The average Bonchev–Trinajstić information content (AvgIpc) is 2.93. The van der Waals surface area contributed by atoms with E-state index in [9.17, 15) is 18.0 Å². The van der Waals surface area contributed by atoms with Crippen molar-refractivity contribution in [3.63, 3.8) is 0 Å². The summed E-state index contributed by atoms with van der Waals surface area (Å²) in [7, 11) is 0. The standard InChI is InChI=1S/C16H21F3N2O.ClH/c1-2-3-10-21-11-6-9-14(21)15(22)20-13-8-5-4-7-12(13)16(17,18)19;/h4-5,7-8,14H,2-3,6,9-11H2,1H3,(H,20,22);1H. The summed E-state index contributed by atoms with van der Waals surface area (Å²) >= 11 is 0. The van der Waals surface area contributed by atoms with Crippen LogP contribution in [0.4, 0.5) is 18.9 Å². The molecular formula is C16H22ClF3N2O. The second kappa shape index (κ2) is 8.55. The molecule has 0 radical (unpaired) electrons. The van der Waals surface area contributed by atoms with Crippen molar-refractivity contribution in [2.75, 3.05) is 18.4 Å². The van der Waals surface area contributed by atoms with E-state index in [1.807, 2.05) is 0 Å². The summed E-state index contributed by atoms with van der Waals surface area (Å²) in [6, 6.07) is 4.77. The summed E-state index contributed by atoms with van der Waals surface area (Å²) in [4.78, 5) is 14.4. The van der Waals surface area contributed by atoms with Crippen molar-refractivity contribution in [3.05, 3.63) is 29.8 Å². The maximum Gasteiger partial charge on any atom is 0.418 e. The van der Waals surface area contributed by atoms with Crippen LogP contribution in [-0.2, 0) is 11.0 Å². The molecule has 1 N–H and O–H groups in total. The summed E-state index contributed by atoms with van der Waals surface area (Å²) in [6.07, 6.45) is -0.849. The first-order valence-corrected chi connectivity index (χ1v) is 7.64. The van der Waals surface area contributed by atoms with Gasteiger partial charge in [-0.15, -0.1) is 12.4 Å². The van der Waals surface area contributed by atoms with E-state index in [1.165, 1.54) is 18.2 Å². The Morgan fingerprint density at radius 2 is 2.04 bits per heavy atom. The molecule has 0 spiro atoms. The van der Waals surface area contributed by atoms with Crippen LogP contribution in [0.15, 0.2) is 24.3 Å². The van der Waals surface area contributed by atoms with Crippen molar-refractivity contribution < 1.29 is 18.0 Å². The lowest BCUT2D eigenvalue weighted by Gasteiger charge is -2.24. The smallest absolute Gasteiger partial charge is 0.324 e. The van der Waals surface area contributed by atoms with Crippen LogP contribution >= 0.6 is 12.4 Å². The molecule has 7 heteroatoms. The van der Waals surface area contributed by atoms with E-state index in [-0.39, 0.29) is 30.0 Å². The summed E-state index contributed by atoms with van der Waals surface area (Å²) < 4.78 is 38.9. The molecule has 1 heterocycles. The van der Waals surface area contributed by atoms with E-state index < -0.39 is 11.7 Å². The van der Waals surface area contributed by atoms with Gasteiger partial charge in [-0.3, -0.25) is 9.69 Å². The van der Waals surface area contributed by atoms with E-state index >= 15 is 0 Å². The number of amides is 1. The van der Waals surface area contributed by atoms with Crippen LogP contribution in [-0.4, -0.2) is 29.9 Å². The zero-order valence-electron chi connectivity index (χ0n) is 13.0. The van der Waals surface area contributed by atoms with E-state index in [2.05, 4.69) is 17.1 Å². The number of nitrogens with one attached hydrogen (secondary N) is 1. The number of alkyl halides is 3. The quantitative estimate of drug-likeness (QED) is 0.857. The highest BCUT2D eigenvalue weighted by Gasteiger charge is 2.35. The molecule has 1 saturated heterocycles. The minimum atomic E-state index is -4.47. The Morgan fingerprint density at radius 3 is 2.70 bits per heavy atom. The van der Waals surface area contributed by atoms with Gasteiger partial charge in [0, 0.05) is 0 Å². The van der Waals surface area contributed by atoms with Crippen molar-refractivity contribution >= 4 is 24.0 Å². The lowest BCUT2D eigenvalue weighted by molar-refractivity contribution is -0.137. The van der Waals surface area contributed by atoms with Gasteiger partial charge in [-0.2, -0.15) is 13.2 Å². The second-order valence-electron chi connectivity index (χ2n) is 5.58. The fraction of sp³-hybridized carbons (Fsp3) is 0.562. The zero-order valence-corrected chi connectivity index (χ0v) is 13.8. The topological polar surface area (TPSA) is 32.3 Å². The molecule has 1 unspecified atom stereocenters. The van der Waals surface area contributed by atoms with Crippen LogP contribution in [0.1, 0.15) is 38.2 Å². The SMILES string of the molecule is CCCCN1CCCC1C(=O)Nc1ccccc1C(F)(F)F.Cl. The third-order valence-electron chi connectivity index (χ3n) is 3.96. The molecule has 3 nitrogen and oxygen atoms in total. The molecule has 0 bridgehead atoms. The average molecular weight is 351 g/mol. The van der Waals surface area contributed by atoms with Crippen molar-refractivity contribution in [2.24, 2.45) is 0 Å². The number of unbranched alkanes of at least 4 members (excludes halogenated alkanes) is 1. The molecule has 1 atom stereocenters. The van der Waals surface area contributed by atoms with Gasteiger partial charge in [0.1, 0.15) is 0 Å². The van der Waals surface area contributed by atoms with Gasteiger partial charge in [-0.05, 0) is 44.5 Å². The Bertz CT molecular complexity index is 522. The van der Waals surface area contributed by atoms with Crippen molar-refractivity contribution in [2.45, 2.75) is 44.8 Å². The molecule has 1 amide bonds. The number of nitrogens with zero attached hydrogens (tertiary/aromatic N) is 1. The number of benzene rings is 1. The number of hydrogen-bond acceptors (Lipinski definition) is 2. The van der Waals surface area contributed by atoms with Crippen molar-refractivity contribution in [1.29, 1.82) is 0 Å². The minimum absolute atomic E-state index is 0.